The summed E-state index contributed by atoms with van der Waals surface area (Å²) in [5.74, 6) is -1.80. The van der Waals surface area contributed by atoms with Gasteiger partial charge in [-0.25, -0.2) is 0 Å². The highest BCUT2D eigenvalue weighted by molar-refractivity contribution is 5.76. The van der Waals surface area contributed by atoms with Crippen LogP contribution in [0, 0.1) is 13.8 Å². The number of hydrogen-bond acceptors (Lipinski definition) is 2. The molecule has 1 atom stereocenters. The van der Waals surface area contributed by atoms with E-state index in [-0.39, 0.29) is 6.61 Å². The first-order valence-electron chi connectivity index (χ1n) is 4.46. The van der Waals surface area contributed by atoms with E-state index in [4.69, 9.17) is 10.2 Å². The molecule has 0 saturated carbocycles. The second kappa shape index (κ2) is 4.24. The monoisotopic (exact) mass is 194 g/mol. The molecule has 0 aromatic heterocycles. The van der Waals surface area contributed by atoms with Crippen LogP contribution in [0.1, 0.15) is 22.6 Å². The third kappa shape index (κ3) is 2.33. The van der Waals surface area contributed by atoms with Crippen LogP contribution in [0.15, 0.2) is 18.2 Å². The lowest BCUT2D eigenvalue weighted by atomic mass is 9.96. The predicted octanol–water partition coefficient (Wildman–Crippen LogP) is 1.46. The van der Waals surface area contributed by atoms with Gasteiger partial charge in [-0.1, -0.05) is 29.3 Å². The number of aryl methyl sites for hydroxylation is 2. The molecule has 14 heavy (non-hydrogen) atoms. The lowest BCUT2D eigenvalue weighted by molar-refractivity contribution is -0.139. The van der Waals surface area contributed by atoms with E-state index in [1.54, 1.807) is 12.1 Å². The predicted molar refractivity (Wildman–Crippen MR) is 53.4 cm³/mol. The summed E-state index contributed by atoms with van der Waals surface area (Å²) in [7, 11) is 0. The molecule has 1 unspecified atom stereocenters. The smallest absolute Gasteiger partial charge is 0.313 e. The molecule has 2 N–H and O–H groups in total. The second-order valence-electron chi connectivity index (χ2n) is 3.49. The molecule has 0 heterocycles. The van der Waals surface area contributed by atoms with Gasteiger partial charge in [-0.05, 0) is 19.4 Å². The summed E-state index contributed by atoms with van der Waals surface area (Å²) in [5, 5.41) is 17.8. The molecular formula is C11H14O3. The van der Waals surface area contributed by atoms with Gasteiger partial charge in [0.05, 0.1) is 6.61 Å². The molecule has 1 aromatic rings. The first-order chi connectivity index (χ1) is 6.54. The van der Waals surface area contributed by atoms with Crippen LogP contribution in [0.2, 0.25) is 0 Å². The van der Waals surface area contributed by atoms with Crippen molar-refractivity contribution in [3.05, 3.63) is 34.9 Å². The molecule has 0 aliphatic carbocycles. The van der Waals surface area contributed by atoms with Gasteiger partial charge in [0.25, 0.3) is 0 Å². The quantitative estimate of drug-likeness (QED) is 0.766. The Morgan fingerprint density at radius 2 is 1.79 bits per heavy atom. The molecule has 0 fully saturated rings. The summed E-state index contributed by atoms with van der Waals surface area (Å²) in [4.78, 5) is 10.8. The first kappa shape index (κ1) is 10.7. The molecule has 3 nitrogen and oxygen atoms in total. The highest BCUT2D eigenvalue weighted by atomic mass is 16.4. The van der Waals surface area contributed by atoms with E-state index in [0.29, 0.717) is 5.56 Å². The Labute approximate surface area is 83.0 Å². The van der Waals surface area contributed by atoms with Crippen molar-refractivity contribution in [3.8, 4) is 0 Å². The summed E-state index contributed by atoms with van der Waals surface area (Å²) in [6, 6.07) is 5.56. The van der Waals surface area contributed by atoms with E-state index in [2.05, 4.69) is 0 Å². The summed E-state index contributed by atoms with van der Waals surface area (Å²) in [5.41, 5.74) is 2.69. The highest BCUT2D eigenvalue weighted by Crippen LogP contribution is 2.18. The minimum absolute atomic E-state index is 0.363. The van der Waals surface area contributed by atoms with Crippen LogP contribution in [0.5, 0.6) is 0 Å². The molecule has 1 rings (SSSR count). The molecule has 0 amide bonds. The fraction of sp³-hybridized carbons (Fsp3) is 0.364. The van der Waals surface area contributed by atoms with Crippen LogP contribution >= 0.6 is 0 Å². The fourth-order valence-corrected chi connectivity index (χ4v) is 1.54. The summed E-state index contributed by atoms with van der Waals surface area (Å²) in [6.45, 7) is 3.46. The van der Waals surface area contributed by atoms with Crippen molar-refractivity contribution >= 4 is 5.97 Å². The van der Waals surface area contributed by atoms with Gasteiger partial charge >= 0.3 is 5.97 Å². The third-order valence-electron chi connectivity index (χ3n) is 2.13. The zero-order valence-corrected chi connectivity index (χ0v) is 8.32. The number of benzene rings is 1. The van der Waals surface area contributed by atoms with Gasteiger partial charge in [0, 0.05) is 0 Å². The number of aliphatic hydroxyl groups is 1. The van der Waals surface area contributed by atoms with Crippen molar-refractivity contribution in [3.63, 3.8) is 0 Å². The van der Waals surface area contributed by atoms with Gasteiger partial charge < -0.3 is 10.2 Å². The Morgan fingerprint density at radius 1 is 1.29 bits per heavy atom. The van der Waals surface area contributed by atoms with Crippen LogP contribution in [-0.2, 0) is 4.79 Å². The molecule has 0 aliphatic heterocycles. The minimum Gasteiger partial charge on any atom is -0.481 e. The summed E-state index contributed by atoms with van der Waals surface area (Å²) >= 11 is 0. The van der Waals surface area contributed by atoms with E-state index < -0.39 is 11.9 Å². The van der Waals surface area contributed by atoms with E-state index in [0.717, 1.165) is 11.1 Å². The first-order valence-corrected chi connectivity index (χ1v) is 4.46. The summed E-state index contributed by atoms with van der Waals surface area (Å²) in [6.07, 6.45) is 0. The lowest BCUT2D eigenvalue weighted by Crippen LogP contribution is -2.15. The van der Waals surface area contributed by atoms with Crippen LogP contribution in [0.25, 0.3) is 0 Å². The second-order valence-corrected chi connectivity index (χ2v) is 3.49. The zero-order chi connectivity index (χ0) is 10.7. The molecule has 76 valence electrons. The van der Waals surface area contributed by atoms with Gasteiger partial charge in [0.15, 0.2) is 0 Å². The molecule has 0 aliphatic rings. The average Bonchev–Trinajstić information content (AvgIpc) is 2.02. The number of rotatable bonds is 3. The van der Waals surface area contributed by atoms with Gasteiger partial charge in [-0.3, -0.25) is 4.79 Å². The maximum atomic E-state index is 10.8. The number of aliphatic hydroxyl groups excluding tert-OH is 1. The van der Waals surface area contributed by atoms with Gasteiger partial charge in [-0.2, -0.15) is 0 Å². The summed E-state index contributed by atoms with van der Waals surface area (Å²) < 4.78 is 0. The fourth-order valence-electron chi connectivity index (χ4n) is 1.54. The van der Waals surface area contributed by atoms with Crippen LogP contribution in [0.3, 0.4) is 0 Å². The SMILES string of the molecule is Cc1cc(C)cc(C(CO)C(=O)O)c1. The Balaban J connectivity index is 3.10. The molecule has 0 saturated heterocycles. The van der Waals surface area contributed by atoms with Crippen LogP contribution < -0.4 is 0 Å². The maximum Gasteiger partial charge on any atom is 0.313 e. The maximum absolute atomic E-state index is 10.8. The van der Waals surface area contributed by atoms with Crippen molar-refractivity contribution < 1.29 is 15.0 Å². The lowest BCUT2D eigenvalue weighted by Gasteiger charge is -2.11. The van der Waals surface area contributed by atoms with Gasteiger partial charge in [0.1, 0.15) is 5.92 Å². The van der Waals surface area contributed by atoms with Crippen molar-refractivity contribution in [1.29, 1.82) is 0 Å². The Hall–Kier alpha value is -1.35. The third-order valence-corrected chi connectivity index (χ3v) is 2.13. The molecule has 0 bridgehead atoms. The number of hydrogen-bond donors (Lipinski definition) is 2. The van der Waals surface area contributed by atoms with E-state index in [1.807, 2.05) is 19.9 Å². The molecule has 0 spiro atoms. The number of carboxylic acid groups (broad SMARTS) is 1. The van der Waals surface area contributed by atoms with Crippen LogP contribution in [0.4, 0.5) is 0 Å². The molecular weight excluding hydrogens is 180 g/mol. The molecule has 0 radical (unpaired) electrons. The Kier molecular flexibility index (Phi) is 3.25. The van der Waals surface area contributed by atoms with Crippen molar-refractivity contribution in [2.45, 2.75) is 19.8 Å². The van der Waals surface area contributed by atoms with Crippen molar-refractivity contribution in [2.75, 3.05) is 6.61 Å². The van der Waals surface area contributed by atoms with Gasteiger partial charge in [0.2, 0.25) is 0 Å². The standard InChI is InChI=1S/C11H14O3/c1-7-3-8(2)5-9(4-7)10(6-12)11(13)14/h3-5,10,12H,6H2,1-2H3,(H,13,14). The minimum atomic E-state index is -0.988. The van der Waals surface area contributed by atoms with E-state index >= 15 is 0 Å². The van der Waals surface area contributed by atoms with Crippen LogP contribution in [-0.4, -0.2) is 22.8 Å². The number of aliphatic carboxylic acids is 1. The van der Waals surface area contributed by atoms with Crippen molar-refractivity contribution in [1.82, 2.24) is 0 Å². The number of carbonyl (C=O) groups is 1. The molecule has 1 aromatic carbocycles. The zero-order valence-electron chi connectivity index (χ0n) is 8.32. The molecule has 3 heteroatoms. The average molecular weight is 194 g/mol. The highest BCUT2D eigenvalue weighted by Gasteiger charge is 2.18. The van der Waals surface area contributed by atoms with E-state index in [1.165, 1.54) is 0 Å². The number of carboxylic acids is 1. The van der Waals surface area contributed by atoms with E-state index in [9.17, 15) is 4.79 Å². The normalized spacial score (nSPS) is 12.5. The van der Waals surface area contributed by atoms with Crippen molar-refractivity contribution in [2.24, 2.45) is 0 Å². The van der Waals surface area contributed by atoms with Gasteiger partial charge in [-0.15, -0.1) is 0 Å². The Bertz CT molecular complexity index is 324. The largest absolute Gasteiger partial charge is 0.481 e. The Morgan fingerprint density at radius 3 is 2.14 bits per heavy atom. The topological polar surface area (TPSA) is 57.5 Å².